The van der Waals surface area contributed by atoms with Crippen LogP contribution in [-0.4, -0.2) is 115 Å². The van der Waals surface area contributed by atoms with E-state index in [4.69, 9.17) is 4.74 Å². The van der Waals surface area contributed by atoms with Gasteiger partial charge in [0.15, 0.2) is 0 Å². The Morgan fingerprint density at radius 2 is 1.50 bits per heavy atom. The van der Waals surface area contributed by atoms with Gasteiger partial charge in [-0.3, -0.25) is 19.2 Å². The van der Waals surface area contributed by atoms with E-state index in [2.05, 4.69) is 16.0 Å². The number of nitrogens with zero attached hydrogens (tertiary/aromatic N) is 3. The van der Waals surface area contributed by atoms with Crippen LogP contribution < -0.4 is 16.0 Å². The molecule has 1 aliphatic heterocycles. The number of ether oxygens (including phenoxy) is 1. The molecule has 0 bridgehead atoms. The molecule has 2 aromatic rings. The fraction of sp³-hybridized carbons (Fsp3) is 0.528. The lowest BCUT2D eigenvalue weighted by molar-refractivity contribution is -0.143. The van der Waals surface area contributed by atoms with Crippen molar-refractivity contribution in [1.82, 2.24) is 30.7 Å². The Morgan fingerprint density at radius 3 is 2.06 bits per heavy atom. The average molecular weight is 663 g/mol. The SMILES string of the molecule is CN(C)C[C@H](NC(=O)OC(C)(C)C)C(=O)N1CCC[C@@H]1C(=O)NC1(C(=O)N[C@H](Cc2ccccc2)C(=O)N(C)C)Cc2ccccc2C1. The number of hydrogen-bond acceptors (Lipinski definition) is 7. The first-order chi connectivity index (χ1) is 22.6. The van der Waals surface area contributed by atoms with Gasteiger partial charge in [0.25, 0.3) is 0 Å². The van der Waals surface area contributed by atoms with Crippen molar-refractivity contribution < 1.29 is 28.7 Å². The van der Waals surface area contributed by atoms with Crippen molar-refractivity contribution in [2.75, 3.05) is 41.3 Å². The minimum atomic E-state index is -1.38. The maximum atomic E-state index is 14.4. The van der Waals surface area contributed by atoms with Gasteiger partial charge in [-0.15, -0.1) is 0 Å². The van der Waals surface area contributed by atoms with E-state index in [1.54, 1.807) is 53.9 Å². The molecule has 0 unspecified atom stereocenters. The summed E-state index contributed by atoms with van der Waals surface area (Å²) in [5.41, 5.74) is 0.615. The Morgan fingerprint density at radius 1 is 0.896 bits per heavy atom. The quantitative estimate of drug-likeness (QED) is 0.334. The van der Waals surface area contributed by atoms with Gasteiger partial charge in [-0.1, -0.05) is 54.6 Å². The first-order valence-electron chi connectivity index (χ1n) is 16.5. The highest BCUT2D eigenvalue weighted by molar-refractivity contribution is 5.98. The average Bonchev–Trinajstić information content (AvgIpc) is 3.65. The molecule has 2 aliphatic rings. The number of rotatable bonds is 11. The molecule has 1 heterocycles. The highest BCUT2D eigenvalue weighted by Crippen LogP contribution is 2.32. The zero-order chi connectivity index (χ0) is 35.2. The van der Waals surface area contributed by atoms with Crippen LogP contribution in [0.3, 0.4) is 0 Å². The highest BCUT2D eigenvalue weighted by atomic mass is 16.6. The van der Waals surface area contributed by atoms with Crippen molar-refractivity contribution in [2.24, 2.45) is 0 Å². The molecule has 1 aliphatic carbocycles. The number of likely N-dealkylation sites (tertiary alicyclic amines) is 1. The van der Waals surface area contributed by atoms with Crippen LogP contribution in [-0.2, 0) is 43.2 Å². The fourth-order valence-corrected chi connectivity index (χ4v) is 6.40. The second-order valence-corrected chi connectivity index (χ2v) is 14.3. The molecular formula is C36H50N6O6. The van der Waals surface area contributed by atoms with Crippen LogP contribution in [0.5, 0.6) is 0 Å². The summed E-state index contributed by atoms with van der Waals surface area (Å²) in [6, 6.07) is 14.4. The molecule has 1 fully saturated rings. The van der Waals surface area contributed by atoms with Crippen LogP contribution in [0.15, 0.2) is 54.6 Å². The van der Waals surface area contributed by atoms with Crippen molar-refractivity contribution in [1.29, 1.82) is 0 Å². The van der Waals surface area contributed by atoms with Crippen LogP contribution in [0.2, 0.25) is 0 Å². The van der Waals surface area contributed by atoms with Gasteiger partial charge in [-0.25, -0.2) is 4.79 Å². The van der Waals surface area contributed by atoms with Crippen LogP contribution in [0, 0.1) is 0 Å². The molecule has 0 saturated carbocycles. The van der Waals surface area contributed by atoms with E-state index >= 15 is 0 Å². The minimum Gasteiger partial charge on any atom is -0.444 e. The number of carbonyl (C=O) groups excluding carboxylic acids is 5. The fourth-order valence-electron chi connectivity index (χ4n) is 6.40. The number of fused-ring (bicyclic) bond motifs is 1. The van der Waals surface area contributed by atoms with Crippen molar-refractivity contribution >= 4 is 29.7 Å². The van der Waals surface area contributed by atoms with Crippen LogP contribution in [0.1, 0.15) is 50.3 Å². The molecule has 12 nitrogen and oxygen atoms in total. The van der Waals surface area contributed by atoms with Crippen LogP contribution >= 0.6 is 0 Å². The lowest BCUT2D eigenvalue weighted by atomic mass is 9.92. The smallest absolute Gasteiger partial charge is 0.408 e. The van der Waals surface area contributed by atoms with E-state index in [1.165, 1.54) is 9.80 Å². The third kappa shape index (κ3) is 9.12. The molecule has 0 aromatic heterocycles. The van der Waals surface area contributed by atoms with Gasteiger partial charge in [0.1, 0.15) is 29.3 Å². The van der Waals surface area contributed by atoms with Gasteiger partial charge < -0.3 is 35.4 Å². The summed E-state index contributed by atoms with van der Waals surface area (Å²) in [4.78, 5) is 73.1. The molecule has 0 radical (unpaired) electrons. The monoisotopic (exact) mass is 662 g/mol. The summed E-state index contributed by atoms with van der Waals surface area (Å²) in [5.74, 6) is -1.58. The van der Waals surface area contributed by atoms with Crippen LogP contribution in [0.4, 0.5) is 4.79 Å². The van der Waals surface area contributed by atoms with Gasteiger partial charge in [0, 0.05) is 46.4 Å². The third-order valence-corrected chi connectivity index (χ3v) is 8.60. The lowest BCUT2D eigenvalue weighted by Crippen LogP contribution is -2.65. The molecule has 260 valence electrons. The summed E-state index contributed by atoms with van der Waals surface area (Å²) < 4.78 is 5.41. The van der Waals surface area contributed by atoms with E-state index < -0.39 is 53.1 Å². The van der Waals surface area contributed by atoms with E-state index in [9.17, 15) is 24.0 Å². The van der Waals surface area contributed by atoms with Crippen molar-refractivity contribution in [2.45, 2.75) is 82.1 Å². The Balaban J connectivity index is 1.58. The van der Waals surface area contributed by atoms with Crippen molar-refractivity contribution in [3.05, 3.63) is 71.3 Å². The molecule has 1 saturated heterocycles. The number of nitrogens with one attached hydrogen (secondary N) is 3. The molecular weight excluding hydrogens is 612 g/mol. The topological polar surface area (TPSA) is 140 Å². The Kier molecular flexibility index (Phi) is 11.5. The first kappa shape index (κ1) is 36.4. The largest absolute Gasteiger partial charge is 0.444 e. The van der Waals surface area contributed by atoms with Crippen LogP contribution in [0.25, 0.3) is 0 Å². The molecule has 3 N–H and O–H groups in total. The van der Waals surface area contributed by atoms with Gasteiger partial charge >= 0.3 is 6.09 Å². The summed E-state index contributed by atoms with van der Waals surface area (Å²) in [6.45, 7) is 5.75. The lowest BCUT2D eigenvalue weighted by Gasteiger charge is -2.35. The number of carbonyl (C=O) groups is 5. The number of amides is 5. The van der Waals surface area contributed by atoms with Gasteiger partial charge in [-0.2, -0.15) is 0 Å². The predicted octanol–water partition coefficient (Wildman–Crippen LogP) is 1.90. The standard InChI is InChI=1S/C36H50N6O6/c1-35(2,3)48-34(47)38-28(23-40(4)5)32(45)42-19-13-18-29(42)30(43)39-36(21-25-16-11-12-17-26(25)22-36)33(46)37-27(31(44)41(6)7)20-24-14-9-8-10-15-24/h8-12,14-17,27-29H,13,18-23H2,1-7H3,(H,37,46)(H,38,47)(H,39,43)/t27-,28+,29-/m1/s1. The Bertz CT molecular complexity index is 1460. The van der Waals surface area contributed by atoms with E-state index in [1.807, 2.05) is 54.6 Å². The molecule has 48 heavy (non-hydrogen) atoms. The number of likely N-dealkylation sites (N-methyl/N-ethyl adjacent to an activating group) is 2. The van der Waals surface area contributed by atoms with Crippen molar-refractivity contribution in [3.63, 3.8) is 0 Å². The van der Waals surface area contributed by atoms with Gasteiger partial charge in [0.2, 0.25) is 23.6 Å². The maximum Gasteiger partial charge on any atom is 0.408 e. The maximum absolute atomic E-state index is 14.4. The van der Waals surface area contributed by atoms with Gasteiger partial charge in [-0.05, 0) is 64.4 Å². The molecule has 5 amide bonds. The molecule has 12 heteroatoms. The second-order valence-electron chi connectivity index (χ2n) is 14.3. The third-order valence-electron chi connectivity index (χ3n) is 8.60. The zero-order valence-corrected chi connectivity index (χ0v) is 29.2. The molecule has 2 aromatic carbocycles. The van der Waals surface area contributed by atoms with Gasteiger partial charge in [0.05, 0.1) is 0 Å². The zero-order valence-electron chi connectivity index (χ0n) is 29.2. The highest BCUT2D eigenvalue weighted by Gasteiger charge is 2.48. The molecule has 3 atom stereocenters. The minimum absolute atomic E-state index is 0.202. The number of benzene rings is 2. The van der Waals surface area contributed by atoms with E-state index in [0.717, 1.165) is 16.7 Å². The Hall–Kier alpha value is -4.45. The second kappa shape index (κ2) is 15.2. The first-order valence-corrected chi connectivity index (χ1v) is 16.5. The van der Waals surface area contributed by atoms with E-state index in [-0.39, 0.29) is 31.7 Å². The number of hydrogen-bond donors (Lipinski definition) is 3. The summed E-state index contributed by atoms with van der Waals surface area (Å²) in [5, 5.41) is 8.73. The van der Waals surface area contributed by atoms with Crippen molar-refractivity contribution in [3.8, 4) is 0 Å². The molecule has 4 rings (SSSR count). The summed E-state index contributed by atoms with van der Waals surface area (Å²) in [6.07, 6.45) is 1.01. The number of alkyl carbamates (subject to hydrolysis) is 1. The predicted molar refractivity (Wildman–Crippen MR) is 182 cm³/mol. The molecule has 0 spiro atoms. The normalized spacial score (nSPS) is 18.0. The summed E-state index contributed by atoms with van der Waals surface area (Å²) in [7, 11) is 6.86. The summed E-state index contributed by atoms with van der Waals surface area (Å²) >= 11 is 0. The van der Waals surface area contributed by atoms with E-state index in [0.29, 0.717) is 19.4 Å². The Labute approximate surface area is 283 Å².